The van der Waals surface area contributed by atoms with Gasteiger partial charge in [0.15, 0.2) is 11.6 Å². The highest BCUT2D eigenvalue weighted by molar-refractivity contribution is 7.16. The Balaban J connectivity index is 1.68. The van der Waals surface area contributed by atoms with Crippen LogP contribution in [0.1, 0.15) is 4.88 Å². The highest BCUT2D eigenvalue weighted by atomic mass is 35.5. The first-order valence-corrected chi connectivity index (χ1v) is 10.1. The van der Waals surface area contributed by atoms with Crippen molar-refractivity contribution in [2.75, 3.05) is 0 Å². The van der Waals surface area contributed by atoms with Crippen molar-refractivity contribution in [1.29, 1.82) is 0 Å². The largest absolute Gasteiger partial charge is 0.573 e. The third-order valence-electron chi connectivity index (χ3n) is 4.48. The van der Waals surface area contributed by atoms with Gasteiger partial charge in [-0.25, -0.2) is 14.1 Å². The number of ether oxygens (including phenoxy) is 1. The SMILES string of the molecule is Cc1sc(-c2ccc(OC(F)(F)F)cc2)cc1-c1nc(-c2c(F)cccc2Cl)nn1C. The molecule has 0 radical (unpaired) electrons. The van der Waals surface area contributed by atoms with Crippen LogP contribution in [0.4, 0.5) is 17.6 Å². The monoisotopic (exact) mass is 467 g/mol. The lowest BCUT2D eigenvalue weighted by Crippen LogP contribution is -2.16. The Hall–Kier alpha value is -2.91. The predicted octanol–water partition coefficient (Wildman–Crippen LogP) is 6.88. The van der Waals surface area contributed by atoms with Gasteiger partial charge in [0.1, 0.15) is 11.6 Å². The summed E-state index contributed by atoms with van der Waals surface area (Å²) >= 11 is 7.59. The first-order chi connectivity index (χ1) is 14.6. The zero-order valence-corrected chi connectivity index (χ0v) is 17.7. The number of rotatable bonds is 4. The van der Waals surface area contributed by atoms with Crippen molar-refractivity contribution in [2.24, 2.45) is 7.05 Å². The van der Waals surface area contributed by atoms with E-state index in [0.29, 0.717) is 5.82 Å². The van der Waals surface area contributed by atoms with Crippen LogP contribution in [0.25, 0.3) is 33.2 Å². The third kappa shape index (κ3) is 4.42. The summed E-state index contributed by atoms with van der Waals surface area (Å²) in [6.45, 7) is 1.90. The molecule has 0 atom stereocenters. The third-order valence-corrected chi connectivity index (χ3v) is 5.90. The fraction of sp³-hybridized carbons (Fsp3) is 0.143. The van der Waals surface area contributed by atoms with E-state index in [1.54, 1.807) is 25.2 Å². The lowest BCUT2D eigenvalue weighted by Gasteiger charge is -2.08. The molecule has 0 amide bonds. The molecule has 0 N–H and O–H groups in total. The van der Waals surface area contributed by atoms with E-state index in [1.807, 2.05) is 13.0 Å². The van der Waals surface area contributed by atoms with Gasteiger partial charge >= 0.3 is 6.36 Å². The van der Waals surface area contributed by atoms with E-state index in [-0.39, 0.29) is 22.2 Å². The minimum atomic E-state index is -4.74. The summed E-state index contributed by atoms with van der Waals surface area (Å²) in [6, 6.07) is 11.9. The van der Waals surface area contributed by atoms with Crippen molar-refractivity contribution in [2.45, 2.75) is 13.3 Å². The molecule has 0 aliphatic carbocycles. The Labute approximate surface area is 183 Å². The average molecular weight is 468 g/mol. The van der Waals surface area contributed by atoms with Crippen LogP contribution < -0.4 is 4.74 Å². The van der Waals surface area contributed by atoms with Crippen LogP contribution >= 0.6 is 22.9 Å². The van der Waals surface area contributed by atoms with Crippen LogP contribution in [0, 0.1) is 12.7 Å². The Kier molecular flexibility index (Phi) is 5.49. The van der Waals surface area contributed by atoms with Crippen LogP contribution in [-0.2, 0) is 7.05 Å². The molecular formula is C21H14ClF4N3OS. The van der Waals surface area contributed by atoms with Gasteiger partial charge in [0.25, 0.3) is 0 Å². The van der Waals surface area contributed by atoms with Gasteiger partial charge in [-0.3, -0.25) is 0 Å². The molecule has 0 saturated carbocycles. The molecule has 0 aliphatic rings. The van der Waals surface area contributed by atoms with Crippen molar-refractivity contribution < 1.29 is 22.3 Å². The molecule has 4 rings (SSSR count). The number of thiophene rings is 1. The molecule has 2 heterocycles. The van der Waals surface area contributed by atoms with Gasteiger partial charge in [0, 0.05) is 22.4 Å². The molecule has 160 valence electrons. The summed E-state index contributed by atoms with van der Waals surface area (Å²) in [5.41, 5.74) is 1.64. The van der Waals surface area contributed by atoms with Crippen LogP contribution in [0.3, 0.4) is 0 Å². The summed E-state index contributed by atoms with van der Waals surface area (Å²) in [7, 11) is 1.70. The van der Waals surface area contributed by atoms with Gasteiger partial charge < -0.3 is 4.74 Å². The van der Waals surface area contributed by atoms with Crippen molar-refractivity contribution >= 4 is 22.9 Å². The summed E-state index contributed by atoms with van der Waals surface area (Å²) in [6.07, 6.45) is -4.74. The number of aryl methyl sites for hydroxylation is 2. The number of alkyl halides is 3. The van der Waals surface area contributed by atoms with Crippen molar-refractivity contribution in [3.8, 4) is 39.0 Å². The number of hydrogen-bond acceptors (Lipinski definition) is 4. The first kappa shape index (κ1) is 21.3. The predicted molar refractivity (Wildman–Crippen MR) is 112 cm³/mol. The number of halogens is 5. The van der Waals surface area contributed by atoms with Gasteiger partial charge in [0.05, 0.1) is 10.6 Å². The second kappa shape index (κ2) is 7.97. The smallest absolute Gasteiger partial charge is 0.406 e. The molecule has 0 bridgehead atoms. The first-order valence-electron chi connectivity index (χ1n) is 8.95. The lowest BCUT2D eigenvalue weighted by atomic mass is 10.1. The normalized spacial score (nSPS) is 11.7. The molecule has 2 aromatic heterocycles. The minimum Gasteiger partial charge on any atom is -0.406 e. The fourth-order valence-corrected chi connectivity index (χ4v) is 4.37. The van der Waals surface area contributed by atoms with Crippen molar-refractivity contribution in [3.63, 3.8) is 0 Å². The Morgan fingerprint density at radius 3 is 2.45 bits per heavy atom. The maximum atomic E-state index is 14.3. The van der Waals surface area contributed by atoms with Crippen molar-refractivity contribution in [1.82, 2.24) is 14.8 Å². The molecular weight excluding hydrogens is 454 g/mol. The highest BCUT2D eigenvalue weighted by Crippen LogP contribution is 2.38. The Bertz CT molecular complexity index is 1230. The van der Waals surface area contributed by atoms with Gasteiger partial charge in [-0.15, -0.1) is 24.5 Å². The molecule has 10 heteroatoms. The molecule has 4 aromatic rings. The maximum absolute atomic E-state index is 14.3. The molecule has 0 saturated heterocycles. The Morgan fingerprint density at radius 1 is 1.10 bits per heavy atom. The van der Waals surface area contributed by atoms with Crippen LogP contribution in [0.5, 0.6) is 5.75 Å². The van der Waals surface area contributed by atoms with E-state index < -0.39 is 12.2 Å². The van der Waals surface area contributed by atoms with Crippen molar-refractivity contribution in [3.05, 3.63) is 64.2 Å². The van der Waals surface area contributed by atoms with E-state index >= 15 is 0 Å². The minimum absolute atomic E-state index is 0.124. The van der Waals surface area contributed by atoms with E-state index in [4.69, 9.17) is 11.6 Å². The quantitative estimate of drug-likeness (QED) is 0.307. The Morgan fingerprint density at radius 2 is 1.81 bits per heavy atom. The zero-order valence-electron chi connectivity index (χ0n) is 16.2. The maximum Gasteiger partial charge on any atom is 0.573 e. The molecule has 0 spiro atoms. The van der Waals surface area contributed by atoms with Gasteiger partial charge in [-0.05, 0) is 55.0 Å². The van der Waals surface area contributed by atoms with E-state index in [2.05, 4.69) is 14.8 Å². The van der Waals surface area contributed by atoms with Crippen LogP contribution in [0.2, 0.25) is 5.02 Å². The topological polar surface area (TPSA) is 39.9 Å². The zero-order chi connectivity index (χ0) is 22.3. The average Bonchev–Trinajstić information content (AvgIpc) is 3.23. The standard InChI is InChI=1S/C21H14ClF4N3OS/c1-11-14(10-17(31-11)12-6-8-13(9-7-12)30-21(24,25)26)20-27-19(28-29(20)2)18-15(22)4-3-5-16(18)23/h3-10H,1-2H3. The number of aromatic nitrogens is 3. The number of benzene rings is 2. The second-order valence-electron chi connectivity index (χ2n) is 6.63. The molecule has 0 fully saturated rings. The van der Waals surface area contributed by atoms with Gasteiger partial charge in [-0.1, -0.05) is 17.7 Å². The van der Waals surface area contributed by atoms with Crippen LogP contribution in [0.15, 0.2) is 48.5 Å². The molecule has 0 unspecified atom stereocenters. The summed E-state index contributed by atoms with van der Waals surface area (Å²) in [5, 5.41) is 4.52. The highest BCUT2D eigenvalue weighted by Gasteiger charge is 2.31. The summed E-state index contributed by atoms with van der Waals surface area (Å²) < 4.78 is 56.8. The number of nitrogens with zero attached hydrogens (tertiary/aromatic N) is 3. The van der Waals surface area contributed by atoms with E-state index in [0.717, 1.165) is 20.9 Å². The van der Waals surface area contributed by atoms with Gasteiger partial charge in [-0.2, -0.15) is 5.10 Å². The number of hydrogen-bond donors (Lipinski definition) is 0. The summed E-state index contributed by atoms with van der Waals surface area (Å²) in [4.78, 5) is 6.24. The molecule has 0 aliphatic heterocycles. The van der Waals surface area contributed by atoms with Crippen LogP contribution in [-0.4, -0.2) is 21.1 Å². The molecule has 31 heavy (non-hydrogen) atoms. The molecule has 4 nitrogen and oxygen atoms in total. The van der Waals surface area contributed by atoms with E-state index in [9.17, 15) is 17.6 Å². The molecule has 2 aromatic carbocycles. The van der Waals surface area contributed by atoms with E-state index in [1.165, 1.54) is 40.3 Å². The van der Waals surface area contributed by atoms with Gasteiger partial charge in [0.2, 0.25) is 0 Å². The summed E-state index contributed by atoms with van der Waals surface area (Å²) in [5.74, 6) is -0.120. The fourth-order valence-electron chi connectivity index (χ4n) is 3.10. The lowest BCUT2D eigenvalue weighted by molar-refractivity contribution is -0.274. The second-order valence-corrected chi connectivity index (χ2v) is 8.30.